The van der Waals surface area contributed by atoms with Gasteiger partial charge in [-0.25, -0.2) is 13.1 Å². The van der Waals surface area contributed by atoms with Crippen molar-refractivity contribution in [2.45, 2.75) is 13.0 Å². The monoisotopic (exact) mass is 345 g/mol. The standard InChI is InChI=1S/C15H24ClN3O2S/c1-13(14-3-5-15(16)6-4-14)19-11-9-18(10-12-19)8-7-17-22(2,20)21/h3-6,13,17H,7-12H2,1-2H3/t13-/m1/s1. The highest BCUT2D eigenvalue weighted by Gasteiger charge is 2.21. The molecule has 1 aromatic carbocycles. The van der Waals surface area contributed by atoms with E-state index in [9.17, 15) is 8.42 Å². The molecule has 1 aliphatic heterocycles. The van der Waals surface area contributed by atoms with Gasteiger partial charge in [-0.3, -0.25) is 9.80 Å². The van der Waals surface area contributed by atoms with Crippen LogP contribution in [-0.4, -0.2) is 63.7 Å². The lowest BCUT2D eigenvalue weighted by Crippen LogP contribution is -2.48. The molecule has 0 spiro atoms. The van der Waals surface area contributed by atoms with Crippen LogP contribution in [0.15, 0.2) is 24.3 Å². The number of benzene rings is 1. The van der Waals surface area contributed by atoms with Crippen LogP contribution >= 0.6 is 11.6 Å². The van der Waals surface area contributed by atoms with Crippen molar-refractivity contribution in [1.82, 2.24) is 14.5 Å². The Morgan fingerprint density at radius 2 is 1.77 bits per heavy atom. The zero-order valence-corrected chi connectivity index (χ0v) is 14.7. The molecule has 0 aromatic heterocycles. The lowest BCUT2D eigenvalue weighted by atomic mass is 10.1. The molecule has 5 nitrogen and oxygen atoms in total. The first-order chi connectivity index (χ1) is 10.3. The minimum atomic E-state index is -3.09. The second-order valence-corrected chi connectivity index (χ2v) is 8.04. The number of nitrogens with one attached hydrogen (secondary N) is 1. The number of hydrogen-bond acceptors (Lipinski definition) is 4. The van der Waals surface area contributed by atoms with Gasteiger partial charge in [-0.15, -0.1) is 0 Å². The largest absolute Gasteiger partial charge is 0.299 e. The molecule has 22 heavy (non-hydrogen) atoms. The highest BCUT2D eigenvalue weighted by Crippen LogP contribution is 2.22. The summed E-state index contributed by atoms with van der Waals surface area (Å²) in [6.45, 7) is 7.35. The van der Waals surface area contributed by atoms with Crippen LogP contribution in [0.5, 0.6) is 0 Å². The van der Waals surface area contributed by atoms with Crippen LogP contribution in [0.1, 0.15) is 18.5 Å². The molecule has 0 radical (unpaired) electrons. The first-order valence-electron chi connectivity index (χ1n) is 7.51. The van der Waals surface area contributed by atoms with Crippen LogP contribution in [-0.2, 0) is 10.0 Å². The molecular formula is C15H24ClN3O2S. The predicted octanol–water partition coefficient (Wildman–Crippen LogP) is 1.57. The molecular weight excluding hydrogens is 322 g/mol. The number of nitrogens with zero attached hydrogens (tertiary/aromatic N) is 2. The Morgan fingerprint density at radius 1 is 1.18 bits per heavy atom. The summed E-state index contributed by atoms with van der Waals surface area (Å²) in [6.07, 6.45) is 1.19. The first kappa shape index (κ1) is 17.7. The van der Waals surface area contributed by atoms with Crippen molar-refractivity contribution < 1.29 is 8.42 Å². The number of rotatable bonds is 6. The number of piperazine rings is 1. The van der Waals surface area contributed by atoms with Gasteiger partial charge in [0.15, 0.2) is 0 Å². The fourth-order valence-corrected chi connectivity index (χ4v) is 3.30. The fraction of sp³-hybridized carbons (Fsp3) is 0.600. The molecule has 0 aliphatic carbocycles. The van der Waals surface area contributed by atoms with Gasteiger partial charge in [0.25, 0.3) is 0 Å². The molecule has 124 valence electrons. The van der Waals surface area contributed by atoms with E-state index in [1.165, 1.54) is 11.8 Å². The van der Waals surface area contributed by atoms with Crippen molar-refractivity contribution in [3.63, 3.8) is 0 Å². The van der Waals surface area contributed by atoms with Gasteiger partial charge in [-0.05, 0) is 24.6 Å². The van der Waals surface area contributed by atoms with Gasteiger partial charge in [0.1, 0.15) is 0 Å². The van der Waals surface area contributed by atoms with Gasteiger partial charge in [0, 0.05) is 50.3 Å². The molecule has 1 heterocycles. The third kappa shape index (κ3) is 5.52. The summed E-state index contributed by atoms with van der Waals surface area (Å²) < 4.78 is 24.6. The summed E-state index contributed by atoms with van der Waals surface area (Å²) >= 11 is 5.93. The molecule has 1 fully saturated rings. The minimum Gasteiger partial charge on any atom is -0.299 e. The molecule has 1 atom stereocenters. The predicted molar refractivity (Wildman–Crippen MR) is 90.7 cm³/mol. The summed E-state index contributed by atoms with van der Waals surface area (Å²) in [5.41, 5.74) is 1.27. The average molecular weight is 346 g/mol. The van der Waals surface area contributed by atoms with E-state index in [0.717, 1.165) is 37.7 Å². The van der Waals surface area contributed by atoms with E-state index >= 15 is 0 Å². The van der Waals surface area contributed by atoms with E-state index in [1.807, 2.05) is 12.1 Å². The van der Waals surface area contributed by atoms with Crippen molar-refractivity contribution in [2.24, 2.45) is 0 Å². The van der Waals surface area contributed by atoms with Gasteiger partial charge in [0.2, 0.25) is 10.0 Å². The zero-order chi connectivity index (χ0) is 16.2. The van der Waals surface area contributed by atoms with Gasteiger partial charge >= 0.3 is 0 Å². The van der Waals surface area contributed by atoms with Crippen LogP contribution in [0, 0.1) is 0 Å². The van der Waals surface area contributed by atoms with Gasteiger partial charge in [0.05, 0.1) is 6.26 Å². The maximum absolute atomic E-state index is 11.0. The highest BCUT2D eigenvalue weighted by molar-refractivity contribution is 7.88. The van der Waals surface area contributed by atoms with Crippen molar-refractivity contribution >= 4 is 21.6 Å². The van der Waals surface area contributed by atoms with E-state index in [2.05, 4.69) is 33.6 Å². The van der Waals surface area contributed by atoms with E-state index in [4.69, 9.17) is 11.6 Å². The molecule has 0 amide bonds. The van der Waals surface area contributed by atoms with Gasteiger partial charge < -0.3 is 0 Å². The van der Waals surface area contributed by atoms with Crippen molar-refractivity contribution in [1.29, 1.82) is 0 Å². The van der Waals surface area contributed by atoms with Crippen LogP contribution in [0.4, 0.5) is 0 Å². The van der Waals surface area contributed by atoms with E-state index < -0.39 is 10.0 Å². The van der Waals surface area contributed by atoms with Gasteiger partial charge in [-0.2, -0.15) is 0 Å². The second kappa shape index (κ2) is 7.75. The summed E-state index contributed by atoms with van der Waals surface area (Å²) in [5.74, 6) is 0. The summed E-state index contributed by atoms with van der Waals surface area (Å²) in [7, 11) is -3.09. The van der Waals surface area contributed by atoms with Crippen molar-refractivity contribution in [3.8, 4) is 0 Å². The Bertz CT molecular complexity index is 569. The average Bonchev–Trinajstić information content (AvgIpc) is 2.47. The molecule has 0 unspecified atom stereocenters. The van der Waals surface area contributed by atoms with Crippen molar-refractivity contribution in [2.75, 3.05) is 45.5 Å². The van der Waals surface area contributed by atoms with Crippen LogP contribution < -0.4 is 4.72 Å². The Balaban J connectivity index is 1.78. The Hall–Kier alpha value is -0.660. The second-order valence-electron chi connectivity index (χ2n) is 5.77. The normalized spacial score (nSPS) is 19.2. The number of halogens is 1. The summed E-state index contributed by atoms with van der Waals surface area (Å²) in [5, 5.41) is 0.763. The number of sulfonamides is 1. The molecule has 1 N–H and O–H groups in total. The van der Waals surface area contributed by atoms with Crippen LogP contribution in [0.2, 0.25) is 5.02 Å². The smallest absolute Gasteiger partial charge is 0.208 e. The maximum Gasteiger partial charge on any atom is 0.208 e. The SMILES string of the molecule is C[C@H](c1ccc(Cl)cc1)N1CCN(CCNS(C)(=O)=O)CC1. The highest BCUT2D eigenvalue weighted by atomic mass is 35.5. The zero-order valence-electron chi connectivity index (χ0n) is 13.1. The van der Waals surface area contributed by atoms with E-state index in [-0.39, 0.29) is 0 Å². The molecule has 0 bridgehead atoms. The van der Waals surface area contributed by atoms with E-state index in [0.29, 0.717) is 12.6 Å². The molecule has 1 aliphatic rings. The van der Waals surface area contributed by atoms with Crippen LogP contribution in [0.25, 0.3) is 0 Å². The molecule has 2 rings (SSSR count). The van der Waals surface area contributed by atoms with Crippen molar-refractivity contribution in [3.05, 3.63) is 34.9 Å². The molecule has 1 saturated heterocycles. The molecule has 0 saturated carbocycles. The Labute approximate surface area is 138 Å². The lowest BCUT2D eigenvalue weighted by molar-refractivity contribution is 0.104. The topological polar surface area (TPSA) is 52.6 Å². The Kier molecular flexibility index (Phi) is 6.23. The molecule has 7 heteroatoms. The fourth-order valence-electron chi connectivity index (χ4n) is 2.72. The maximum atomic E-state index is 11.0. The summed E-state index contributed by atoms with van der Waals surface area (Å²) in [4.78, 5) is 4.74. The first-order valence-corrected chi connectivity index (χ1v) is 9.78. The third-order valence-electron chi connectivity index (χ3n) is 4.10. The Morgan fingerprint density at radius 3 is 2.32 bits per heavy atom. The lowest BCUT2D eigenvalue weighted by Gasteiger charge is -2.38. The van der Waals surface area contributed by atoms with Crippen LogP contribution in [0.3, 0.4) is 0 Å². The van der Waals surface area contributed by atoms with Gasteiger partial charge in [-0.1, -0.05) is 23.7 Å². The molecule has 1 aromatic rings. The summed E-state index contributed by atoms with van der Waals surface area (Å²) in [6, 6.07) is 8.39. The third-order valence-corrected chi connectivity index (χ3v) is 5.08. The minimum absolute atomic E-state index is 0.369. The van der Waals surface area contributed by atoms with E-state index in [1.54, 1.807) is 0 Å². The number of hydrogen-bond donors (Lipinski definition) is 1. The quantitative estimate of drug-likeness (QED) is 0.850.